The number of aliphatic hydroxyl groups is 1. The second-order valence-electron chi connectivity index (χ2n) is 5.65. The van der Waals surface area contributed by atoms with E-state index in [0.29, 0.717) is 24.0 Å². The number of hydrogen-bond donors (Lipinski definition) is 1. The molecule has 2 atom stereocenters. The maximum Gasteiger partial charge on any atom is 0.195 e. The molecule has 3 nitrogen and oxygen atoms in total. The van der Waals surface area contributed by atoms with E-state index in [-0.39, 0.29) is 11.6 Å². The Bertz CT molecular complexity index is 561. The summed E-state index contributed by atoms with van der Waals surface area (Å²) in [5, 5.41) is 10.6. The van der Waals surface area contributed by atoms with Gasteiger partial charge in [-0.1, -0.05) is 31.9 Å². The molecule has 1 N–H and O–H groups in total. The van der Waals surface area contributed by atoms with Crippen LogP contribution in [0.15, 0.2) is 18.2 Å². The van der Waals surface area contributed by atoms with Crippen LogP contribution in [-0.4, -0.2) is 22.3 Å². The molecule has 0 radical (unpaired) electrons. The zero-order chi connectivity index (χ0) is 13.6. The molecule has 0 aromatic heterocycles. The molecule has 2 unspecified atom stereocenters. The number of rotatable bonds is 1. The number of carbonyl (C=O) groups is 2. The van der Waals surface area contributed by atoms with Crippen LogP contribution >= 0.6 is 0 Å². The molecule has 19 heavy (non-hydrogen) atoms. The summed E-state index contributed by atoms with van der Waals surface area (Å²) in [5.74, 6) is -0.838. The van der Waals surface area contributed by atoms with Gasteiger partial charge in [0.15, 0.2) is 11.6 Å². The summed E-state index contributed by atoms with van der Waals surface area (Å²) < 4.78 is 0. The van der Waals surface area contributed by atoms with Gasteiger partial charge in [0.25, 0.3) is 0 Å². The summed E-state index contributed by atoms with van der Waals surface area (Å²) in [6.07, 6.45) is 3.60. The fourth-order valence-electron chi connectivity index (χ4n) is 3.41. The predicted molar refractivity (Wildman–Crippen MR) is 71.4 cm³/mol. The minimum atomic E-state index is -1.45. The van der Waals surface area contributed by atoms with Crippen molar-refractivity contribution >= 4 is 11.6 Å². The molecule has 1 aromatic rings. The van der Waals surface area contributed by atoms with Crippen LogP contribution in [-0.2, 0) is 6.42 Å². The standard InChI is InChI=1S/C16H18O3/c1-2-10-6-7-11-12(9-10)14(17)13-5-3-4-8-16(13,19)15(11)18/h6-7,9,13,19H,2-5,8H2,1H3. The van der Waals surface area contributed by atoms with Crippen molar-refractivity contribution < 1.29 is 14.7 Å². The Balaban J connectivity index is 2.16. The first-order chi connectivity index (χ1) is 9.08. The number of benzene rings is 1. The van der Waals surface area contributed by atoms with Gasteiger partial charge in [-0.25, -0.2) is 0 Å². The van der Waals surface area contributed by atoms with E-state index < -0.39 is 11.5 Å². The molecule has 0 bridgehead atoms. The Hall–Kier alpha value is -1.48. The largest absolute Gasteiger partial charge is 0.381 e. The van der Waals surface area contributed by atoms with Crippen LogP contribution in [0.2, 0.25) is 0 Å². The second-order valence-corrected chi connectivity index (χ2v) is 5.65. The third-order valence-electron chi connectivity index (χ3n) is 4.59. The van der Waals surface area contributed by atoms with Gasteiger partial charge >= 0.3 is 0 Å². The molecule has 0 amide bonds. The van der Waals surface area contributed by atoms with Gasteiger partial charge in [-0.2, -0.15) is 0 Å². The summed E-state index contributed by atoms with van der Waals surface area (Å²) in [6, 6.07) is 5.40. The fraction of sp³-hybridized carbons (Fsp3) is 0.500. The van der Waals surface area contributed by atoms with Crippen molar-refractivity contribution in [3.8, 4) is 0 Å². The average molecular weight is 258 g/mol. The Morgan fingerprint density at radius 1 is 1.26 bits per heavy atom. The summed E-state index contributed by atoms with van der Waals surface area (Å²) >= 11 is 0. The summed E-state index contributed by atoms with van der Waals surface area (Å²) in [7, 11) is 0. The molecule has 2 aliphatic carbocycles. The van der Waals surface area contributed by atoms with Gasteiger partial charge in [0, 0.05) is 11.1 Å². The lowest BCUT2D eigenvalue weighted by Crippen LogP contribution is -2.54. The number of carbonyl (C=O) groups excluding carboxylic acids is 2. The van der Waals surface area contributed by atoms with Gasteiger partial charge in [0.2, 0.25) is 0 Å². The molecule has 0 spiro atoms. The second kappa shape index (κ2) is 4.27. The molecular weight excluding hydrogens is 240 g/mol. The van der Waals surface area contributed by atoms with Crippen molar-refractivity contribution in [2.75, 3.05) is 0 Å². The van der Waals surface area contributed by atoms with Crippen molar-refractivity contribution in [2.45, 2.75) is 44.6 Å². The van der Waals surface area contributed by atoms with E-state index >= 15 is 0 Å². The molecule has 3 heteroatoms. The molecule has 2 aliphatic rings. The third-order valence-corrected chi connectivity index (χ3v) is 4.59. The first kappa shape index (κ1) is 12.5. The van der Waals surface area contributed by atoms with Gasteiger partial charge in [-0.3, -0.25) is 9.59 Å². The van der Waals surface area contributed by atoms with Gasteiger partial charge in [-0.15, -0.1) is 0 Å². The number of Topliss-reactive ketones (excluding diaryl/α,β-unsaturated/α-hetero) is 2. The van der Waals surface area contributed by atoms with Gasteiger partial charge in [-0.05, 0) is 30.9 Å². The maximum atomic E-state index is 12.6. The Morgan fingerprint density at radius 2 is 2.05 bits per heavy atom. The van der Waals surface area contributed by atoms with Crippen molar-refractivity contribution in [3.05, 3.63) is 34.9 Å². The van der Waals surface area contributed by atoms with Crippen LogP contribution in [0.3, 0.4) is 0 Å². The monoisotopic (exact) mass is 258 g/mol. The summed E-state index contributed by atoms with van der Waals surface area (Å²) in [5.41, 5.74) is 0.528. The number of aryl methyl sites for hydroxylation is 1. The highest BCUT2D eigenvalue weighted by atomic mass is 16.3. The Kier molecular flexibility index (Phi) is 2.82. The summed E-state index contributed by atoms with van der Waals surface area (Å²) in [6.45, 7) is 2.02. The van der Waals surface area contributed by atoms with E-state index in [2.05, 4.69) is 0 Å². The lowest BCUT2D eigenvalue weighted by molar-refractivity contribution is -0.0212. The molecule has 0 aliphatic heterocycles. The molecule has 1 saturated carbocycles. The molecule has 1 fully saturated rings. The van der Waals surface area contributed by atoms with Crippen molar-refractivity contribution in [1.82, 2.24) is 0 Å². The lowest BCUT2D eigenvalue weighted by atomic mass is 9.64. The van der Waals surface area contributed by atoms with Gasteiger partial charge < -0.3 is 5.11 Å². The number of hydrogen-bond acceptors (Lipinski definition) is 3. The molecular formula is C16H18O3. The van der Waals surface area contributed by atoms with Crippen LogP contribution in [0.5, 0.6) is 0 Å². The quantitative estimate of drug-likeness (QED) is 0.842. The predicted octanol–water partition coefficient (Wildman–Crippen LogP) is 2.55. The fourth-order valence-corrected chi connectivity index (χ4v) is 3.41. The number of ketones is 2. The zero-order valence-corrected chi connectivity index (χ0v) is 11.1. The van der Waals surface area contributed by atoms with E-state index in [0.717, 1.165) is 24.8 Å². The maximum absolute atomic E-state index is 12.6. The van der Waals surface area contributed by atoms with Crippen LogP contribution in [0.1, 0.15) is 58.9 Å². The van der Waals surface area contributed by atoms with Crippen molar-refractivity contribution in [1.29, 1.82) is 0 Å². The summed E-state index contributed by atoms with van der Waals surface area (Å²) in [4.78, 5) is 25.1. The molecule has 1 aromatic carbocycles. The van der Waals surface area contributed by atoms with E-state index in [1.165, 1.54) is 0 Å². The van der Waals surface area contributed by atoms with Gasteiger partial charge in [0.05, 0.1) is 5.92 Å². The van der Waals surface area contributed by atoms with E-state index in [4.69, 9.17) is 0 Å². The Labute approximate surface area is 112 Å². The van der Waals surface area contributed by atoms with Crippen LogP contribution in [0.4, 0.5) is 0 Å². The third kappa shape index (κ3) is 1.68. The highest BCUT2D eigenvalue weighted by Gasteiger charge is 2.53. The van der Waals surface area contributed by atoms with E-state index in [1.807, 2.05) is 19.1 Å². The highest BCUT2D eigenvalue weighted by Crippen LogP contribution is 2.42. The smallest absolute Gasteiger partial charge is 0.195 e. The molecule has 0 heterocycles. The number of fused-ring (bicyclic) bond motifs is 2. The topological polar surface area (TPSA) is 54.4 Å². The minimum absolute atomic E-state index is 0.0490. The van der Waals surface area contributed by atoms with Crippen molar-refractivity contribution in [2.24, 2.45) is 5.92 Å². The Morgan fingerprint density at radius 3 is 2.79 bits per heavy atom. The van der Waals surface area contributed by atoms with Crippen molar-refractivity contribution in [3.63, 3.8) is 0 Å². The first-order valence-corrected chi connectivity index (χ1v) is 7.02. The van der Waals surface area contributed by atoms with E-state index in [1.54, 1.807) is 6.07 Å². The molecule has 0 saturated heterocycles. The van der Waals surface area contributed by atoms with Crippen LogP contribution in [0.25, 0.3) is 0 Å². The normalized spacial score (nSPS) is 29.9. The van der Waals surface area contributed by atoms with Crippen LogP contribution in [0, 0.1) is 5.92 Å². The van der Waals surface area contributed by atoms with Gasteiger partial charge in [0.1, 0.15) is 5.60 Å². The SMILES string of the molecule is CCc1ccc2c(c1)C(=O)C1CCCCC1(O)C2=O. The molecule has 100 valence electrons. The highest BCUT2D eigenvalue weighted by molar-refractivity contribution is 6.19. The lowest BCUT2D eigenvalue weighted by Gasteiger charge is -2.41. The van der Waals surface area contributed by atoms with Crippen LogP contribution < -0.4 is 0 Å². The zero-order valence-electron chi connectivity index (χ0n) is 11.1. The first-order valence-electron chi connectivity index (χ1n) is 7.02. The average Bonchev–Trinajstić information content (AvgIpc) is 2.44. The molecule has 3 rings (SSSR count). The van der Waals surface area contributed by atoms with E-state index in [9.17, 15) is 14.7 Å². The minimum Gasteiger partial charge on any atom is -0.381 e.